The van der Waals surface area contributed by atoms with E-state index in [4.69, 9.17) is 16.3 Å². The van der Waals surface area contributed by atoms with E-state index < -0.39 is 0 Å². The van der Waals surface area contributed by atoms with Crippen molar-refractivity contribution in [2.45, 2.75) is 0 Å². The molecule has 8 heteroatoms. The molecule has 0 saturated heterocycles. The molecule has 0 aliphatic carbocycles. The largest absolute Gasteiger partial charge is 0.285 e. The summed E-state index contributed by atoms with van der Waals surface area (Å²) in [5, 5.41) is 4.12. The number of rotatable bonds is 2. The van der Waals surface area contributed by atoms with Gasteiger partial charge < -0.3 is 0 Å². The molecule has 166 valence electrons. The third-order valence-electron chi connectivity index (χ3n) is 5.82. The highest BCUT2D eigenvalue weighted by atomic mass is 15.8. The zero-order valence-electron chi connectivity index (χ0n) is 19.3. The number of hydrogen-bond donors (Lipinski definition) is 3. The topological polar surface area (TPSA) is 97.9 Å². The molecule has 35 heavy (non-hydrogen) atoms. The summed E-state index contributed by atoms with van der Waals surface area (Å²) >= 11 is 0. The van der Waals surface area contributed by atoms with E-state index in [2.05, 4.69) is 26.6 Å². The Hall–Kier alpha value is -4.95. The van der Waals surface area contributed by atoms with E-state index in [1.165, 1.54) is 0 Å². The van der Waals surface area contributed by atoms with Crippen LogP contribution in [0.3, 0.4) is 0 Å². The van der Waals surface area contributed by atoms with Gasteiger partial charge in [0.05, 0.1) is 47.0 Å². The van der Waals surface area contributed by atoms with Gasteiger partial charge in [-0.25, -0.2) is 25.5 Å². The van der Waals surface area contributed by atoms with Gasteiger partial charge in [0.2, 0.25) is 0 Å². The van der Waals surface area contributed by atoms with Crippen LogP contribution in [-0.2, 0) is 0 Å². The monoisotopic (exact) mass is 455 g/mol. The minimum Gasteiger partial charge on any atom is -0.285 e. The van der Waals surface area contributed by atoms with Gasteiger partial charge in [-0.2, -0.15) is 0 Å². The van der Waals surface area contributed by atoms with Gasteiger partial charge in [0.25, 0.3) is 0 Å². The van der Waals surface area contributed by atoms with E-state index in [9.17, 15) is 0 Å². The van der Waals surface area contributed by atoms with Crippen molar-refractivity contribution in [2.24, 2.45) is 25.1 Å². The Morgan fingerprint density at radius 3 is 1.86 bits per heavy atom. The molecule has 7 rings (SSSR count). The quantitative estimate of drug-likeness (QED) is 0.638. The summed E-state index contributed by atoms with van der Waals surface area (Å²) in [6, 6.07) is 6.00. The van der Waals surface area contributed by atoms with Gasteiger partial charge in [-0.15, -0.1) is 10.6 Å². The number of amidine groups is 1. The molecular formula is C27H18N8. The number of benzene rings is 1. The Balaban J connectivity index is 1.34. The number of hydrogen-bond acceptors (Lipinski definition) is 8. The van der Waals surface area contributed by atoms with Gasteiger partial charge in [0.15, 0.2) is 5.84 Å². The number of allylic oxidation sites excluding steroid dienone is 12. The predicted octanol–water partition coefficient (Wildman–Crippen LogP) is 3.38. The Labute approximate surface area is 202 Å². The number of hydrazone groups is 1. The highest BCUT2D eigenvalue weighted by Crippen LogP contribution is 2.31. The van der Waals surface area contributed by atoms with Crippen molar-refractivity contribution in [3.63, 3.8) is 0 Å². The minimum atomic E-state index is 0.369. The fourth-order valence-corrected chi connectivity index (χ4v) is 4.19. The first kappa shape index (κ1) is 18.5. The van der Waals surface area contributed by atoms with Crippen LogP contribution in [0.4, 0.5) is 0 Å². The molecular weight excluding hydrogens is 436 g/mol. The van der Waals surface area contributed by atoms with Gasteiger partial charge >= 0.3 is 0 Å². The summed E-state index contributed by atoms with van der Waals surface area (Å²) in [6.45, 7) is 0. The summed E-state index contributed by atoms with van der Waals surface area (Å²) in [5.74, 6) is 0.625. The Morgan fingerprint density at radius 2 is 1.23 bits per heavy atom. The van der Waals surface area contributed by atoms with E-state index in [0.717, 1.165) is 62.3 Å². The van der Waals surface area contributed by atoms with Crippen LogP contribution in [0, 0.1) is 0 Å². The SMILES string of the molecule is [2H]c1cc(C2=NNNN2)ccc1C1=CC2=NC1=CC1=NC(=CC3=NC(=CC4=NC(=C2)C=C4)C=C3)C=C1. The van der Waals surface area contributed by atoms with Crippen molar-refractivity contribution in [3.8, 4) is 0 Å². The molecule has 8 nitrogen and oxygen atoms in total. The standard InChI is InChI=1S/C27H18N8/c1-3-17(27-32-34-35-33-27)4-2-16(1)25-14-24-13-22-8-7-20(29-22)11-18-5-6-19(28-18)12-21-9-10-23(30-21)15-26(25)31-24/h1-15,34-35H,(H,32,33)/i1D. The highest BCUT2D eigenvalue weighted by Gasteiger charge is 2.19. The second-order valence-corrected chi connectivity index (χ2v) is 8.26. The van der Waals surface area contributed by atoms with Crippen LogP contribution in [0.15, 0.2) is 139 Å². The van der Waals surface area contributed by atoms with Crippen LogP contribution in [0.1, 0.15) is 12.5 Å². The molecule has 0 amide bonds. The molecule has 0 fully saturated rings. The molecule has 0 spiro atoms. The molecule has 0 radical (unpaired) electrons. The van der Waals surface area contributed by atoms with Gasteiger partial charge in [0, 0.05) is 11.1 Å². The Kier molecular flexibility index (Phi) is 4.13. The summed E-state index contributed by atoms with van der Waals surface area (Å²) in [4.78, 5) is 19.0. The fourth-order valence-electron chi connectivity index (χ4n) is 4.19. The minimum absolute atomic E-state index is 0.369. The molecule has 1 aromatic carbocycles. The van der Waals surface area contributed by atoms with Crippen LogP contribution in [-0.4, -0.2) is 28.7 Å². The van der Waals surface area contributed by atoms with Crippen LogP contribution >= 0.6 is 0 Å². The first-order chi connectivity index (χ1) is 17.7. The first-order valence-electron chi connectivity index (χ1n) is 11.6. The van der Waals surface area contributed by atoms with Gasteiger partial charge in [0.1, 0.15) is 0 Å². The molecule has 6 heterocycles. The molecule has 0 atom stereocenters. The molecule has 0 saturated carbocycles. The third kappa shape index (κ3) is 3.77. The van der Waals surface area contributed by atoms with Crippen molar-refractivity contribution in [2.75, 3.05) is 0 Å². The maximum atomic E-state index is 8.73. The normalized spacial score (nSPS) is 21.5. The second kappa shape index (κ2) is 7.82. The Bertz CT molecular complexity index is 1650. The average molecular weight is 456 g/mol. The number of nitrogens with zero attached hydrogens (tertiary/aromatic N) is 5. The molecule has 1 aromatic rings. The number of hydrazine groups is 2. The van der Waals surface area contributed by atoms with E-state index in [1.807, 2.05) is 79.0 Å². The first-order valence-corrected chi connectivity index (χ1v) is 11.1. The lowest BCUT2D eigenvalue weighted by molar-refractivity contribution is 0.577. The molecule has 8 bridgehead atoms. The maximum absolute atomic E-state index is 8.73. The summed E-state index contributed by atoms with van der Waals surface area (Å²) in [7, 11) is 0. The lowest BCUT2D eigenvalue weighted by Gasteiger charge is -2.06. The summed E-state index contributed by atoms with van der Waals surface area (Å²) < 4.78 is 8.73. The van der Waals surface area contributed by atoms with Crippen LogP contribution in [0.2, 0.25) is 0 Å². The van der Waals surface area contributed by atoms with Crippen LogP contribution in [0.25, 0.3) is 5.57 Å². The fraction of sp³-hybridized carbons (Fsp3) is 0. The lowest BCUT2D eigenvalue weighted by atomic mass is 10.0. The van der Waals surface area contributed by atoms with Crippen molar-refractivity contribution >= 4 is 34.3 Å². The molecule has 0 aromatic heterocycles. The number of aliphatic imine (C=N–C) groups is 4. The molecule has 6 aliphatic rings. The van der Waals surface area contributed by atoms with Gasteiger partial charge in [-0.1, -0.05) is 24.2 Å². The smallest absolute Gasteiger partial charge is 0.170 e. The van der Waals surface area contributed by atoms with Crippen molar-refractivity contribution < 1.29 is 1.37 Å². The van der Waals surface area contributed by atoms with Crippen molar-refractivity contribution in [1.82, 2.24) is 16.5 Å². The third-order valence-corrected chi connectivity index (χ3v) is 5.82. The van der Waals surface area contributed by atoms with Crippen LogP contribution < -0.4 is 16.5 Å². The van der Waals surface area contributed by atoms with E-state index >= 15 is 0 Å². The zero-order valence-corrected chi connectivity index (χ0v) is 18.3. The van der Waals surface area contributed by atoms with E-state index in [-0.39, 0.29) is 0 Å². The molecule has 6 aliphatic heterocycles. The number of nitrogens with one attached hydrogen (secondary N) is 3. The average Bonchev–Trinajstić information content (AvgIpc) is 3.68. The molecule has 0 unspecified atom stereocenters. The highest BCUT2D eigenvalue weighted by molar-refractivity contribution is 6.19. The lowest BCUT2D eigenvalue weighted by Crippen LogP contribution is -2.35. The maximum Gasteiger partial charge on any atom is 0.170 e. The summed E-state index contributed by atoms with van der Waals surface area (Å²) in [5.41, 5.74) is 17.2. The van der Waals surface area contributed by atoms with Gasteiger partial charge in [-0.05, 0) is 72.4 Å². The summed E-state index contributed by atoms with van der Waals surface area (Å²) in [6.07, 6.45) is 21.6. The van der Waals surface area contributed by atoms with Crippen LogP contribution in [0.5, 0.6) is 0 Å². The predicted molar refractivity (Wildman–Crippen MR) is 140 cm³/mol. The number of fused-ring (bicyclic) bond motifs is 4. The zero-order chi connectivity index (χ0) is 24.1. The molecule has 3 N–H and O–H groups in total. The Morgan fingerprint density at radius 1 is 0.600 bits per heavy atom. The second-order valence-electron chi connectivity index (χ2n) is 8.26. The van der Waals surface area contributed by atoms with Crippen molar-refractivity contribution in [1.29, 1.82) is 0 Å². The van der Waals surface area contributed by atoms with Crippen molar-refractivity contribution in [3.05, 3.63) is 125 Å². The van der Waals surface area contributed by atoms with E-state index in [1.54, 1.807) is 6.07 Å². The van der Waals surface area contributed by atoms with Gasteiger partial charge in [-0.3, -0.25) is 5.43 Å². The van der Waals surface area contributed by atoms with E-state index in [0.29, 0.717) is 11.9 Å².